The molecule has 3 heterocycles. The van der Waals surface area contributed by atoms with Crippen molar-refractivity contribution in [3.05, 3.63) is 45.9 Å². The molecule has 1 aliphatic rings. The molecule has 1 aliphatic heterocycles. The maximum absolute atomic E-state index is 12.8. The van der Waals surface area contributed by atoms with Gasteiger partial charge in [-0.3, -0.25) is 4.79 Å². The molecule has 146 valence electrons. The molecular weight excluding hydrogens is 422 g/mol. The standard InChI is InChI=1S/C20H22BrN5O2/c1-12-6-4-5-11-25(12)20(27)15-7-9-16(10-8-15)26-13(2)17(21)18(24-26)19-23-22-14(3)28-19/h7-10,12H,4-6,11H2,1-3H3. The van der Waals surface area contributed by atoms with Gasteiger partial charge in [0.05, 0.1) is 15.9 Å². The van der Waals surface area contributed by atoms with E-state index in [1.165, 1.54) is 6.42 Å². The van der Waals surface area contributed by atoms with Crippen LogP contribution < -0.4 is 0 Å². The molecule has 1 unspecified atom stereocenters. The largest absolute Gasteiger partial charge is 0.420 e. The van der Waals surface area contributed by atoms with E-state index in [2.05, 4.69) is 38.1 Å². The van der Waals surface area contributed by atoms with Crippen molar-refractivity contribution in [1.29, 1.82) is 0 Å². The molecular formula is C20H22BrN5O2. The number of nitrogens with zero attached hydrogens (tertiary/aromatic N) is 5. The zero-order chi connectivity index (χ0) is 19.8. The molecule has 1 amide bonds. The van der Waals surface area contributed by atoms with Crippen molar-refractivity contribution in [2.24, 2.45) is 0 Å². The molecule has 0 aliphatic carbocycles. The molecule has 7 nitrogen and oxygen atoms in total. The van der Waals surface area contributed by atoms with E-state index in [0.29, 0.717) is 29.1 Å². The second-order valence-electron chi connectivity index (χ2n) is 7.18. The summed E-state index contributed by atoms with van der Waals surface area (Å²) >= 11 is 3.57. The topological polar surface area (TPSA) is 77.1 Å². The number of likely N-dealkylation sites (tertiary alicyclic amines) is 1. The van der Waals surface area contributed by atoms with Gasteiger partial charge in [0.1, 0.15) is 0 Å². The van der Waals surface area contributed by atoms with Gasteiger partial charge in [0.15, 0.2) is 5.69 Å². The van der Waals surface area contributed by atoms with Crippen LogP contribution in [0.1, 0.15) is 48.1 Å². The average Bonchev–Trinajstić information content (AvgIpc) is 3.25. The molecule has 0 spiro atoms. The predicted molar refractivity (Wildman–Crippen MR) is 108 cm³/mol. The SMILES string of the molecule is Cc1nnc(-c2nn(-c3ccc(C(=O)N4CCCCC4C)cc3)c(C)c2Br)o1. The fraction of sp³-hybridized carbons (Fsp3) is 0.400. The van der Waals surface area contributed by atoms with Crippen LogP contribution in [0.25, 0.3) is 17.3 Å². The molecule has 2 aromatic heterocycles. The van der Waals surface area contributed by atoms with E-state index in [9.17, 15) is 4.79 Å². The van der Waals surface area contributed by atoms with Gasteiger partial charge in [-0.15, -0.1) is 10.2 Å². The highest BCUT2D eigenvalue weighted by Gasteiger charge is 2.24. The minimum absolute atomic E-state index is 0.0964. The summed E-state index contributed by atoms with van der Waals surface area (Å²) in [5, 5.41) is 12.5. The van der Waals surface area contributed by atoms with Crippen LogP contribution in [0.5, 0.6) is 0 Å². The number of hydrogen-bond acceptors (Lipinski definition) is 5. The van der Waals surface area contributed by atoms with Crippen molar-refractivity contribution < 1.29 is 9.21 Å². The summed E-state index contributed by atoms with van der Waals surface area (Å²) in [6, 6.07) is 7.86. The minimum Gasteiger partial charge on any atom is -0.420 e. The van der Waals surface area contributed by atoms with Crippen LogP contribution in [-0.4, -0.2) is 43.4 Å². The molecule has 0 bridgehead atoms. The molecule has 3 aromatic rings. The number of amides is 1. The molecule has 1 atom stereocenters. The fourth-order valence-electron chi connectivity index (χ4n) is 3.57. The Morgan fingerprint density at radius 3 is 2.57 bits per heavy atom. The summed E-state index contributed by atoms with van der Waals surface area (Å²) in [7, 11) is 0. The first-order valence-corrected chi connectivity index (χ1v) is 10.2. The van der Waals surface area contributed by atoms with Crippen LogP contribution in [0, 0.1) is 13.8 Å². The van der Waals surface area contributed by atoms with Gasteiger partial charge in [0, 0.05) is 25.1 Å². The Labute approximate surface area is 171 Å². The van der Waals surface area contributed by atoms with Crippen LogP contribution in [0.15, 0.2) is 33.2 Å². The third kappa shape index (κ3) is 3.37. The maximum atomic E-state index is 12.8. The Morgan fingerprint density at radius 1 is 1.18 bits per heavy atom. The average molecular weight is 444 g/mol. The lowest BCUT2D eigenvalue weighted by molar-refractivity contribution is 0.0635. The van der Waals surface area contributed by atoms with Gasteiger partial charge in [-0.25, -0.2) is 4.68 Å². The van der Waals surface area contributed by atoms with E-state index in [-0.39, 0.29) is 5.91 Å². The molecule has 1 saturated heterocycles. The number of carbonyl (C=O) groups excluding carboxylic acids is 1. The quantitative estimate of drug-likeness (QED) is 0.602. The van der Waals surface area contributed by atoms with E-state index in [4.69, 9.17) is 4.42 Å². The van der Waals surface area contributed by atoms with E-state index in [1.807, 2.05) is 36.1 Å². The number of rotatable bonds is 3. The molecule has 0 saturated carbocycles. The van der Waals surface area contributed by atoms with Crippen molar-refractivity contribution in [2.45, 2.75) is 46.1 Å². The Bertz CT molecular complexity index is 1010. The monoisotopic (exact) mass is 443 g/mol. The molecule has 8 heteroatoms. The second-order valence-corrected chi connectivity index (χ2v) is 7.97. The number of aromatic nitrogens is 4. The first-order valence-electron chi connectivity index (χ1n) is 9.42. The number of hydrogen-bond donors (Lipinski definition) is 0. The van der Waals surface area contributed by atoms with E-state index < -0.39 is 0 Å². The van der Waals surface area contributed by atoms with Gasteiger partial charge in [0.25, 0.3) is 11.8 Å². The zero-order valence-electron chi connectivity index (χ0n) is 16.1. The highest BCUT2D eigenvalue weighted by atomic mass is 79.9. The van der Waals surface area contributed by atoms with E-state index in [1.54, 1.807) is 11.6 Å². The normalized spacial score (nSPS) is 17.1. The van der Waals surface area contributed by atoms with Crippen molar-refractivity contribution in [3.8, 4) is 17.3 Å². The summed E-state index contributed by atoms with van der Waals surface area (Å²) in [4.78, 5) is 14.8. The Balaban J connectivity index is 1.62. The first-order chi connectivity index (χ1) is 13.5. The molecule has 28 heavy (non-hydrogen) atoms. The van der Waals surface area contributed by atoms with Gasteiger partial charge >= 0.3 is 0 Å². The van der Waals surface area contributed by atoms with Gasteiger partial charge in [0.2, 0.25) is 5.89 Å². The summed E-state index contributed by atoms with van der Waals surface area (Å²) in [6.07, 6.45) is 3.34. The highest BCUT2D eigenvalue weighted by molar-refractivity contribution is 9.10. The van der Waals surface area contributed by atoms with Crippen LogP contribution in [-0.2, 0) is 0 Å². The maximum Gasteiger partial charge on any atom is 0.269 e. The summed E-state index contributed by atoms with van der Waals surface area (Å²) in [6.45, 7) is 6.65. The summed E-state index contributed by atoms with van der Waals surface area (Å²) in [5.41, 5.74) is 3.08. The summed E-state index contributed by atoms with van der Waals surface area (Å²) in [5.74, 6) is 0.958. The third-order valence-electron chi connectivity index (χ3n) is 5.19. The first kappa shape index (κ1) is 18.9. The summed E-state index contributed by atoms with van der Waals surface area (Å²) < 4.78 is 8.11. The number of piperidine rings is 1. The van der Waals surface area contributed by atoms with Gasteiger partial charge in [-0.05, 0) is 73.3 Å². The van der Waals surface area contributed by atoms with Gasteiger partial charge in [-0.1, -0.05) is 0 Å². The van der Waals surface area contributed by atoms with E-state index in [0.717, 1.165) is 35.2 Å². The van der Waals surface area contributed by atoms with Crippen LogP contribution in [0.2, 0.25) is 0 Å². The van der Waals surface area contributed by atoms with Crippen LogP contribution in [0.4, 0.5) is 0 Å². The van der Waals surface area contributed by atoms with Crippen molar-refractivity contribution in [2.75, 3.05) is 6.54 Å². The third-order valence-corrected chi connectivity index (χ3v) is 6.14. The smallest absolute Gasteiger partial charge is 0.269 e. The van der Waals surface area contributed by atoms with Gasteiger partial charge in [-0.2, -0.15) is 5.10 Å². The number of carbonyl (C=O) groups is 1. The minimum atomic E-state index is 0.0964. The lowest BCUT2D eigenvalue weighted by Crippen LogP contribution is -2.42. The zero-order valence-corrected chi connectivity index (χ0v) is 17.7. The molecule has 1 fully saturated rings. The second kappa shape index (κ2) is 7.50. The molecule has 4 rings (SSSR count). The Kier molecular flexibility index (Phi) is 5.05. The fourth-order valence-corrected chi connectivity index (χ4v) is 3.99. The van der Waals surface area contributed by atoms with Crippen molar-refractivity contribution in [1.82, 2.24) is 24.9 Å². The number of benzene rings is 1. The van der Waals surface area contributed by atoms with Crippen LogP contribution >= 0.6 is 15.9 Å². The molecule has 0 radical (unpaired) electrons. The molecule has 1 aromatic carbocycles. The van der Waals surface area contributed by atoms with Crippen molar-refractivity contribution >= 4 is 21.8 Å². The van der Waals surface area contributed by atoms with Gasteiger partial charge < -0.3 is 9.32 Å². The van der Waals surface area contributed by atoms with Crippen LogP contribution in [0.3, 0.4) is 0 Å². The molecule has 0 N–H and O–H groups in total. The lowest BCUT2D eigenvalue weighted by Gasteiger charge is -2.33. The Morgan fingerprint density at radius 2 is 1.93 bits per heavy atom. The number of halogens is 1. The Hall–Kier alpha value is -2.48. The van der Waals surface area contributed by atoms with E-state index >= 15 is 0 Å². The lowest BCUT2D eigenvalue weighted by atomic mass is 10.0. The number of aryl methyl sites for hydroxylation is 1. The van der Waals surface area contributed by atoms with Crippen molar-refractivity contribution in [3.63, 3.8) is 0 Å². The highest BCUT2D eigenvalue weighted by Crippen LogP contribution is 2.31. The predicted octanol–water partition coefficient (Wildman–Crippen LogP) is 4.32.